The first-order chi connectivity index (χ1) is 16.6. The molecule has 0 fully saturated rings. The molecule has 0 saturated carbocycles. The highest BCUT2D eigenvalue weighted by Crippen LogP contribution is 2.53. The largest absolute Gasteiger partial charge is 0.508 e. The Balaban J connectivity index is 1.70. The van der Waals surface area contributed by atoms with Crippen molar-refractivity contribution in [3.05, 3.63) is 107 Å². The maximum atomic E-state index is 12.0. The SMILES string of the molecule is O=C(O)CN1C2=C(C(c3ccccc3)Oc3ccc(O)cc32)C(c2ccccc2)n2ncnc21. The minimum atomic E-state index is -1.01. The fourth-order valence-electron chi connectivity index (χ4n) is 4.82. The zero-order chi connectivity index (χ0) is 23.2. The molecule has 34 heavy (non-hydrogen) atoms. The maximum Gasteiger partial charge on any atom is 0.323 e. The van der Waals surface area contributed by atoms with Gasteiger partial charge in [0.25, 0.3) is 0 Å². The van der Waals surface area contributed by atoms with Crippen molar-refractivity contribution in [1.82, 2.24) is 14.8 Å². The number of aliphatic carboxylic acids is 1. The Hall–Kier alpha value is -4.59. The third kappa shape index (κ3) is 3.11. The molecule has 2 unspecified atom stereocenters. The van der Waals surface area contributed by atoms with Crippen LogP contribution in [0, 0.1) is 0 Å². The predicted octanol–water partition coefficient (Wildman–Crippen LogP) is 4.02. The molecule has 0 aliphatic carbocycles. The number of fused-ring (bicyclic) bond motifs is 3. The first-order valence-corrected chi connectivity index (χ1v) is 10.8. The van der Waals surface area contributed by atoms with E-state index in [0.717, 1.165) is 16.7 Å². The summed E-state index contributed by atoms with van der Waals surface area (Å²) in [4.78, 5) is 18.0. The topological polar surface area (TPSA) is 101 Å². The van der Waals surface area contributed by atoms with Gasteiger partial charge < -0.3 is 14.9 Å². The van der Waals surface area contributed by atoms with Gasteiger partial charge in [-0.05, 0) is 29.3 Å². The molecule has 0 bridgehead atoms. The van der Waals surface area contributed by atoms with Crippen LogP contribution in [0.25, 0.3) is 5.70 Å². The number of nitrogens with zero attached hydrogens (tertiary/aromatic N) is 4. The molecule has 3 heterocycles. The van der Waals surface area contributed by atoms with Crippen molar-refractivity contribution in [2.75, 3.05) is 11.4 Å². The molecule has 8 heteroatoms. The molecule has 168 valence electrons. The Kier molecular flexibility index (Phi) is 4.58. The van der Waals surface area contributed by atoms with Crippen molar-refractivity contribution >= 4 is 17.6 Å². The highest BCUT2D eigenvalue weighted by molar-refractivity contribution is 5.91. The van der Waals surface area contributed by atoms with Gasteiger partial charge in [0, 0.05) is 11.1 Å². The lowest BCUT2D eigenvalue weighted by Crippen LogP contribution is -2.41. The van der Waals surface area contributed by atoms with Crippen LogP contribution in [0.4, 0.5) is 5.95 Å². The van der Waals surface area contributed by atoms with Crippen molar-refractivity contribution in [3.8, 4) is 11.5 Å². The molecular weight excluding hydrogens is 432 g/mol. The molecule has 2 N–H and O–H groups in total. The van der Waals surface area contributed by atoms with Gasteiger partial charge in [0.05, 0.1) is 5.70 Å². The minimum absolute atomic E-state index is 0.0611. The van der Waals surface area contributed by atoms with Gasteiger partial charge in [-0.2, -0.15) is 10.1 Å². The summed E-state index contributed by atoms with van der Waals surface area (Å²) in [6.07, 6.45) is 0.924. The van der Waals surface area contributed by atoms with E-state index in [1.54, 1.807) is 27.8 Å². The summed E-state index contributed by atoms with van der Waals surface area (Å²) in [5, 5.41) is 24.6. The standard InChI is InChI=1S/C26H20N4O4/c31-18-11-12-20-19(13-18)24-22(25(34-20)17-9-5-2-6-10-17)23(16-7-3-1-4-8-16)30-26(27-15-28-30)29(24)14-21(32)33/h1-13,15,23,25,31H,14H2,(H,32,33). The number of hydrogen-bond acceptors (Lipinski definition) is 6. The second-order valence-electron chi connectivity index (χ2n) is 8.19. The third-order valence-corrected chi connectivity index (χ3v) is 6.13. The van der Waals surface area contributed by atoms with E-state index in [9.17, 15) is 15.0 Å². The van der Waals surface area contributed by atoms with E-state index >= 15 is 0 Å². The van der Waals surface area contributed by atoms with Gasteiger partial charge in [-0.3, -0.25) is 9.69 Å². The van der Waals surface area contributed by atoms with Crippen LogP contribution in [0.2, 0.25) is 0 Å². The number of phenolic OH excluding ortho intramolecular Hbond substituents is 1. The van der Waals surface area contributed by atoms with E-state index in [2.05, 4.69) is 10.1 Å². The van der Waals surface area contributed by atoms with Crippen molar-refractivity contribution in [2.45, 2.75) is 12.1 Å². The number of benzene rings is 3. The highest BCUT2D eigenvalue weighted by atomic mass is 16.5. The molecule has 2 aliphatic rings. The van der Waals surface area contributed by atoms with Gasteiger partial charge in [-0.1, -0.05) is 60.7 Å². The lowest BCUT2D eigenvalue weighted by Gasteiger charge is -2.43. The molecule has 2 atom stereocenters. The van der Waals surface area contributed by atoms with Gasteiger partial charge >= 0.3 is 5.97 Å². The number of aromatic hydroxyl groups is 1. The van der Waals surface area contributed by atoms with Crippen molar-refractivity contribution in [2.24, 2.45) is 0 Å². The number of ether oxygens (including phenoxy) is 1. The second-order valence-corrected chi connectivity index (χ2v) is 8.19. The molecular formula is C26H20N4O4. The van der Waals surface area contributed by atoms with Gasteiger partial charge in [0.1, 0.15) is 36.5 Å². The number of hydrogen-bond donors (Lipinski definition) is 2. The maximum absolute atomic E-state index is 12.0. The fourth-order valence-corrected chi connectivity index (χ4v) is 4.82. The monoisotopic (exact) mass is 452 g/mol. The number of carboxylic acids is 1. The summed E-state index contributed by atoms with van der Waals surface area (Å²) in [7, 11) is 0. The Morgan fingerprint density at radius 1 is 0.971 bits per heavy atom. The molecule has 0 saturated heterocycles. The van der Waals surface area contributed by atoms with Crippen LogP contribution in [0.3, 0.4) is 0 Å². The van der Waals surface area contributed by atoms with Gasteiger partial charge in [0.2, 0.25) is 5.95 Å². The summed E-state index contributed by atoms with van der Waals surface area (Å²) in [5.74, 6) is 0.0218. The molecule has 3 aromatic carbocycles. The molecule has 6 rings (SSSR count). The third-order valence-electron chi connectivity index (χ3n) is 6.13. The van der Waals surface area contributed by atoms with Crippen LogP contribution in [0.5, 0.6) is 11.5 Å². The van der Waals surface area contributed by atoms with Crippen molar-refractivity contribution < 1.29 is 19.7 Å². The fraction of sp³-hybridized carbons (Fsp3) is 0.115. The van der Waals surface area contributed by atoms with E-state index < -0.39 is 12.1 Å². The van der Waals surface area contributed by atoms with E-state index in [-0.39, 0.29) is 18.3 Å². The van der Waals surface area contributed by atoms with Crippen LogP contribution in [-0.4, -0.2) is 37.5 Å². The van der Waals surface area contributed by atoms with Crippen LogP contribution in [0.15, 0.2) is 90.8 Å². The van der Waals surface area contributed by atoms with Crippen LogP contribution in [-0.2, 0) is 4.79 Å². The number of rotatable bonds is 4. The lowest BCUT2D eigenvalue weighted by molar-refractivity contribution is -0.135. The Bertz CT molecular complexity index is 1420. The number of aromatic nitrogens is 3. The number of carbonyl (C=O) groups is 1. The Morgan fingerprint density at radius 2 is 1.68 bits per heavy atom. The van der Waals surface area contributed by atoms with Gasteiger partial charge in [-0.25, -0.2) is 4.68 Å². The average Bonchev–Trinajstić information content (AvgIpc) is 3.34. The van der Waals surface area contributed by atoms with E-state index in [0.29, 0.717) is 23.0 Å². The van der Waals surface area contributed by atoms with E-state index in [1.807, 2.05) is 60.7 Å². The smallest absolute Gasteiger partial charge is 0.323 e. The van der Waals surface area contributed by atoms with Gasteiger partial charge in [0.15, 0.2) is 0 Å². The summed E-state index contributed by atoms with van der Waals surface area (Å²) in [6, 6.07) is 24.2. The van der Waals surface area contributed by atoms with Crippen LogP contribution >= 0.6 is 0 Å². The number of carboxylic acid groups (broad SMARTS) is 1. The summed E-state index contributed by atoms with van der Waals surface area (Å²) >= 11 is 0. The molecule has 0 spiro atoms. The summed E-state index contributed by atoms with van der Waals surface area (Å²) < 4.78 is 8.27. The average molecular weight is 452 g/mol. The lowest BCUT2D eigenvalue weighted by atomic mass is 9.84. The normalized spacial score (nSPS) is 18.5. The van der Waals surface area contributed by atoms with E-state index in [4.69, 9.17) is 4.74 Å². The van der Waals surface area contributed by atoms with Crippen molar-refractivity contribution in [1.29, 1.82) is 0 Å². The zero-order valence-electron chi connectivity index (χ0n) is 17.9. The minimum Gasteiger partial charge on any atom is -0.508 e. The van der Waals surface area contributed by atoms with Crippen molar-refractivity contribution in [3.63, 3.8) is 0 Å². The molecule has 8 nitrogen and oxygen atoms in total. The quantitative estimate of drug-likeness (QED) is 0.482. The summed E-state index contributed by atoms with van der Waals surface area (Å²) in [6.45, 7) is -0.324. The second kappa shape index (κ2) is 7.77. The van der Waals surface area contributed by atoms with Gasteiger partial charge in [-0.15, -0.1) is 0 Å². The number of phenols is 1. The predicted molar refractivity (Wildman–Crippen MR) is 124 cm³/mol. The highest BCUT2D eigenvalue weighted by Gasteiger charge is 2.44. The first kappa shape index (κ1) is 20.0. The summed E-state index contributed by atoms with van der Waals surface area (Å²) in [5.41, 5.74) is 3.98. The van der Waals surface area contributed by atoms with E-state index in [1.165, 1.54) is 6.33 Å². The molecule has 0 radical (unpaired) electrons. The Morgan fingerprint density at radius 3 is 2.38 bits per heavy atom. The number of anilines is 1. The first-order valence-electron chi connectivity index (χ1n) is 10.8. The molecule has 1 aromatic heterocycles. The molecule has 0 amide bonds. The Labute approximate surface area is 195 Å². The van der Waals surface area contributed by atoms with Crippen LogP contribution in [0.1, 0.15) is 28.8 Å². The zero-order valence-corrected chi connectivity index (χ0v) is 17.9. The molecule has 4 aromatic rings. The molecule has 2 aliphatic heterocycles. The van der Waals surface area contributed by atoms with Crippen LogP contribution < -0.4 is 9.64 Å².